The largest absolute Gasteiger partial charge is 0.480 e. The summed E-state index contributed by atoms with van der Waals surface area (Å²) in [4.78, 5) is 32.9. The van der Waals surface area contributed by atoms with Gasteiger partial charge in [0.25, 0.3) is 5.91 Å². The molecule has 3 atom stereocenters. The van der Waals surface area contributed by atoms with Crippen molar-refractivity contribution in [2.24, 2.45) is 10.7 Å². The number of nitrogens with two attached hydrogens (primary N) is 1. The lowest BCUT2D eigenvalue weighted by atomic mass is 9.87. The maximum Gasteiger partial charge on any atom is 0.425 e. The number of carbonyl (C=O) groups excluding carboxylic acids is 2. The van der Waals surface area contributed by atoms with Gasteiger partial charge >= 0.3 is 6.18 Å². The minimum Gasteiger partial charge on any atom is -0.480 e. The average Bonchev–Trinajstić information content (AvgIpc) is 2.93. The monoisotopic (exact) mass is 560 g/mol. The number of guanidine groups is 1. The van der Waals surface area contributed by atoms with E-state index in [2.05, 4.69) is 5.32 Å². The van der Waals surface area contributed by atoms with E-state index in [1.807, 2.05) is 13.8 Å². The maximum absolute atomic E-state index is 13.5. The summed E-state index contributed by atoms with van der Waals surface area (Å²) in [5.41, 5.74) is 7.16. The van der Waals surface area contributed by atoms with Gasteiger partial charge in [-0.05, 0) is 43.0 Å². The second-order valence-electron chi connectivity index (χ2n) is 10.2. The standard InChI is InChI=1S/C29H35F3N4O4/c1-4-28(5-2)17-25(37)36(27(33)35-28)22(13-14-39-3)18-9-8-10-19(15-18)26(38)34-21-16-24(29(30,31)32)40-23-12-7-6-11-20(21)23/h6-12,15,21-22,24H,4-5,13-14,16-17H2,1-3H3,(H2,33,35)(H,34,38)/t21-,22+,24?/m0/s1. The summed E-state index contributed by atoms with van der Waals surface area (Å²) in [6.45, 7) is 4.27. The Balaban J connectivity index is 1.62. The van der Waals surface area contributed by atoms with Crippen molar-refractivity contribution in [1.82, 2.24) is 10.2 Å². The van der Waals surface area contributed by atoms with Gasteiger partial charge in [-0.3, -0.25) is 14.5 Å². The number of ether oxygens (including phenoxy) is 2. The van der Waals surface area contributed by atoms with E-state index in [1.165, 1.54) is 11.0 Å². The first-order valence-electron chi connectivity index (χ1n) is 13.4. The average molecular weight is 561 g/mol. The molecule has 0 saturated carbocycles. The number of rotatable bonds is 9. The molecule has 1 unspecified atom stereocenters. The van der Waals surface area contributed by atoms with Crippen LogP contribution in [0.1, 0.15) is 79.5 Å². The highest BCUT2D eigenvalue weighted by Gasteiger charge is 2.46. The Bertz CT molecular complexity index is 1260. The number of halogens is 3. The summed E-state index contributed by atoms with van der Waals surface area (Å²) in [7, 11) is 1.55. The fourth-order valence-electron chi connectivity index (χ4n) is 5.38. The molecule has 3 N–H and O–H groups in total. The van der Waals surface area contributed by atoms with Crippen LogP contribution in [0.2, 0.25) is 0 Å². The van der Waals surface area contributed by atoms with Crippen molar-refractivity contribution >= 4 is 17.8 Å². The van der Waals surface area contributed by atoms with Crippen LogP contribution in [0.4, 0.5) is 13.2 Å². The number of hydrogen-bond acceptors (Lipinski definition) is 6. The Kier molecular flexibility index (Phi) is 8.72. The molecule has 0 bridgehead atoms. The van der Waals surface area contributed by atoms with Crippen molar-refractivity contribution in [2.45, 2.75) is 75.9 Å². The van der Waals surface area contributed by atoms with Gasteiger partial charge < -0.3 is 20.5 Å². The van der Waals surface area contributed by atoms with Gasteiger partial charge in [-0.15, -0.1) is 0 Å². The number of amides is 2. The predicted molar refractivity (Wildman–Crippen MR) is 144 cm³/mol. The predicted octanol–water partition coefficient (Wildman–Crippen LogP) is 5.05. The zero-order valence-electron chi connectivity index (χ0n) is 22.8. The lowest BCUT2D eigenvalue weighted by Crippen LogP contribution is -2.52. The summed E-state index contributed by atoms with van der Waals surface area (Å²) in [5, 5.41) is 2.75. The van der Waals surface area contributed by atoms with Crippen molar-refractivity contribution in [2.75, 3.05) is 13.7 Å². The second-order valence-corrected chi connectivity index (χ2v) is 10.2. The van der Waals surface area contributed by atoms with E-state index in [1.54, 1.807) is 49.6 Å². The zero-order valence-corrected chi connectivity index (χ0v) is 22.8. The van der Waals surface area contributed by atoms with Crippen LogP contribution in [0.25, 0.3) is 0 Å². The number of carbonyl (C=O) groups is 2. The number of benzene rings is 2. The molecular weight excluding hydrogens is 525 g/mol. The highest BCUT2D eigenvalue weighted by molar-refractivity contribution is 6.00. The molecule has 0 fully saturated rings. The second kappa shape index (κ2) is 11.9. The smallest absolute Gasteiger partial charge is 0.425 e. The van der Waals surface area contributed by atoms with Gasteiger partial charge in [0, 0.05) is 31.3 Å². The molecule has 0 aromatic heterocycles. The Labute approximate surface area is 231 Å². The Morgan fingerprint density at radius 3 is 2.60 bits per heavy atom. The zero-order chi connectivity index (χ0) is 29.1. The minimum absolute atomic E-state index is 0.0864. The third-order valence-corrected chi connectivity index (χ3v) is 7.79. The molecule has 0 aliphatic carbocycles. The van der Waals surface area contributed by atoms with Crippen LogP contribution >= 0.6 is 0 Å². The first kappa shape index (κ1) is 29.4. The van der Waals surface area contributed by atoms with Gasteiger partial charge in [-0.1, -0.05) is 44.2 Å². The van der Waals surface area contributed by atoms with E-state index in [0.717, 1.165) is 0 Å². The first-order valence-corrected chi connectivity index (χ1v) is 13.4. The van der Waals surface area contributed by atoms with Crippen molar-refractivity contribution in [3.63, 3.8) is 0 Å². The molecule has 8 nitrogen and oxygen atoms in total. The Morgan fingerprint density at radius 1 is 1.23 bits per heavy atom. The number of fused-ring (bicyclic) bond motifs is 1. The molecule has 0 spiro atoms. The van der Waals surface area contributed by atoms with E-state index >= 15 is 0 Å². The van der Waals surface area contributed by atoms with Crippen molar-refractivity contribution in [3.8, 4) is 5.75 Å². The molecular formula is C29H35F3N4O4. The molecule has 2 heterocycles. The summed E-state index contributed by atoms with van der Waals surface area (Å²) in [6.07, 6.45) is -5.11. The van der Waals surface area contributed by atoms with E-state index in [9.17, 15) is 22.8 Å². The molecule has 2 amide bonds. The van der Waals surface area contributed by atoms with Crippen molar-refractivity contribution in [3.05, 3.63) is 65.2 Å². The number of nitrogens with one attached hydrogen (secondary N) is 1. The lowest BCUT2D eigenvalue weighted by molar-refractivity contribution is -0.201. The van der Waals surface area contributed by atoms with E-state index in [-0.39, 0.29) is 29.6 Å². The summed E-state index contributed by atoms with van der Waals surface area (Å²) in [6, 6.07) is 11.6. The number of para-hydroxylation sites is 1. The lowest BCUT2D eigenvalue weighted by Gasteiger charge is -2.40. The highest BCUT2D eigenvalue weighted by Crippen LogP contribution is 2.40. The molecule has 2 aromatic carbocycles. The molecule has 2 aliphatic rings. The van der Waals surface area contributed by atoms with Crippen LogP contribution in [0.5, 0.6) is 5.75 Å². The Morgan fingerprint density at radius 2 is 1.95 bits per heavy atom. The van der Waals surface area contributed by atoms with Gasteiger partial charge in [0.2, 0.25) is 5.91 Å². The topological polar surface area (TPSA) is 106 Å². The van der Waals surface area contributed by atoms with Gasteiger partial charge in [0.1, 0.15) is 5.75 Å². The molecule has 11 heteroatoms. The molecule has 216 valence electrons. The third kappa shape index (κ3) is 6.09. The third-order valence-electron chi connectivity index (χ3n) is 7.79. The highest BCUT2D eigenvalue weighted by atomic mass is 19.4. The van der Waals surface area contributed by atoms with Crippen LogP contribution in [-0.2, 0) is 9.53 Å². The quantitative estimate of drug-likeness (QED) is 0.446. The molecule has 2 aliphatic heterocycles. The molecule has 0 radical (unpaired) electrons. The van der Waals surface area contributed by atoms with Gasteiger partial charge in [-0.2, -0.15) is 13.2 Å². The van der Waals surface area contributed by atoms with Gasteiger partial charge in [0.15, 0.2) is 12.1 Å². The number of methoxy groups -OCH3 is 1. The van der Waals surface area contributed by atoms with E-state index in [4.69, 9.17) is 20.2 Å². The van der Waals surface area contributed by atoms with Crippen LogP contribution in [0.15, 0.2) is 53.5 Å². The molecule has 2 aromatic rings. The fourth-order valence-corrected chi connectivity index (χ4v) is 5.38. The maximum atomic E-state index is 13.5. The summed E-state index contributed by atoms with van der Waals surface area (Å²) in [5.74, 6) is -0.502. The van der Waals surface area contributed by atoms with Crippen LogP contribution in [0.3, 0.4) is 0 Å². The summed E-state index contributed by atoms with van der Waals surface area (Å²) >= 11 is 0. The normalized spacial score (nSPS) is 21.2. The molecule has 4 rings (SSSR count). The van der Waals surface area contributed by atoms with E-state index < -0.39 is 42.2 Å². The number of aliphatic imine (C=N–C) groups is 1. The summed E-state index contributed by atoms with van der Waals surface area (Å²) < 4.78 is 51.1. The van der Waals surface area contributed by atoms with E-state index in [0.29, 0.717) is 37.0 Å². The first-order chi connectivity index (χ1) is 19.0. The number of hydrogen-bond donors (Lipinski definition) is 2. The van der Waals surface area contributed by atoms with Crippen molar-refractivity contribution < 1.29 is 32.2 Å². The SMILES string of the molecule is CCC1(CC)CC(=O)N([C@H](CCOC)c2cccc(C(=O)N[C@H]3CC(C(F)(F)F)Oc4ccccc43)c2)C(N)=N1. The van der Waals surface area contributed by atoms with Crippen LogP contribution in [0, 0.1) is 0 Å². The number of nitrogens with zero attached hydrogens (tertiary/aromatic N) is 2. The van der Waals surface area contributed by atoms with Gasteiger partial charge in [0.05, 0.1) is 24.0 Å². The Hall–Kier alpha value is -3.60. The van der Waals surface area contributed by atoms with Crippen LogP contribution < -0.4 is 15.8 Å². The van der Waals surface area contributed by atoms with Crippen LogP contribution in [-0.4, -0.2) is 54.2 Å². The molecule has 0 saturated heterocycles. The minimum atomic E-state index is -4.58. The molecule has 40 heavy (non-hydrogen) atoms. The number of alkyl halides is 3. The van der Waals surface area contributed by atoms with Crippen molar-refractivity contribution in [1.29, 1.82) is 0 Å². The fraction of sp³-hybridized carbons (Fsp3) is 0.483. The van der Waals surface area contributed by atoms with Gasteiger partial charge in [-0.25, -0.2) is 4.99 Å².